The molecule has 2 amide bonds. The van der Waals surface area contributed by atoms with E-state index in [0.29, 0.717) is 9.99 Å². The van der Waals surface area contributed by atoms with E-state index >= 15 is 0 Å². The average Bonchev–Trinajstić information content (AvgIpc) is 2.83. The van der Waals surface area contributed by atoms with Crippen molar-refractivity contribution in [2.75, 3.05) is 15.4 Å². The third kappa shape index (κ3) is 3.52. The van der Waals surface area contributed by atoms with E-state index in [9.17, 15) is 18.0 Å². The Balaban J connectivity index is 1.92. The number of carbonyl (C=O) groups excluding carboxylic acids is 2. The van der Waals surface area contributed by atoms with Crippen LogP contribution in [0, 0.1) is 6.92 Å². The molecule has 1 saturated heterocycles. The highest BCUT2D eigenvalue weighted by atomic mass is 35.5. The summed E-state index contributed by atoms with van der Waals surface area (Å²) in [6.45, 7) is 1.94. The smallest absolute Gasteiger partial charge is 0.255 e. The van der Waals surface area contributed by atoms with Gasteiger partial charge in [0.1, 0.15) is 0 Å². The first-order valence-corrected chi connectivity index (χ1v) is 9.50. The summed E-state index contributed by atoms with van der Waals surface area (Å²) < 4.78 is 24.8. The summed E-state index contributed by atoms with van der Waals surface area (Å²) in [6.07, 6.45) is -0.0988. The molecular weight excluding hydrogens is 364 g/mol. The van der Waals surface area contributed by atoms with Gasteiger partial charge in [0, 0.05) is 17.7 Å². The van der Waals surface area contributed by atoms with Crippen LogP contribution in [-0.2, 0) is 14.8 Å². The number of halogens is 1. The maximum Gasteiger partial charge on any atom is 0.255 e. The van der Waals surface area contributed by atoms with E-state index in [2.05, 4.69) is 5.32 Å². The van der Waals surface area contributed by atoms with E-state index in [4.69, 9.17) is 11.6 Å². The number of hydrogen-bond donors (Lipinski definition) is 1. The van der Waals surface area contributed by atoms with Crippen LogP contribution in [0.2, 0.25) is 5.02 Å². The molecule has 3 rings (SSSR count). The number of benzene rings is 2. The monoisotopic (exact) mass is 378 g/mol. The van der Waals surface area contributed by atoms with Gasteiger partial charge in [-0.3, -0.25) is 9.59 Å². The predicted molar refractivity (Wildman–Crippen MR) is 96.5 cm³/mol. The van der Waals surface area contributed by atoms with E-state index in [0.717, 1.165) is 5.56 Å². The molecule has 0 saturated carbocycles. The van der Waals surface area contributed by atoms with E-state index in [1.807, 2.05) is 19.1 Å². The van der Waals surface area contributed by atoms with Crippen LogP contribution in [0.1, 0.15) is 22.3 Å². The second kappa shape index (κ2) is 6.50. The van der Waals surface area contributed by atoms with Crippen LogP contribution >= 0.6 is 11.6 Å². The summed E-state index contributed by atoms with van der Waals surface area (Å²) in [4.78, 5) is 24.3. The van der Waals surface area contributed by atoms with Crippen LogP contribution in [0.3, 0.4) is 0 Å². The number of amides is 2. The highest BCUT2D eigenvalue weighted by Gasteiger charge is 2.37. The molecular formula is C17H15ClN2O4S. The highest BCUT2D eigenvalue weighted by molar-refractivity contribution is 7.94. The lowest BCUT2D eigenvalue weighted by molar-refractivity contribution is -0.116. The molecule has 0 radical (unpaired) electrons. The fraction of sp³-hybridized carbons (Fsp3) is 0.176. The molecule has 1 fully saturated rings. The third-order valence-corrected chi connectivity index (χ3v) is 5.81. The Labute approximate surface area is 150 Å². The van der Waals surface area contributed by atoms with Crippen molar-refractivity contribution in [1.82, 2.24) is 0 Å². The van der Waals surface area contributed by atoms with E-state index in [1.54, 1.807) is 12.1 Å². The first kappa shape index (κ1) is 17.4. The van der Waals surface area contributed by atoms with Crippen molar-refractivity contribution in [1.29, 1.82) is 0 Å². The fourth-order valence-corrected chi connectivity index (χ4v) is 4.22. The zero-order valence-corrected chi connectivity index (χ0v) is 14.9. The molecule has 0 bridgehead atoms. The molecule has 0 spiro atoms. The summed E-state index contributed by atoms with van der Waals surface area (Å²) in [5.41, 5.74) is 1.87. The molecule has 1 N–H and O–H groups in total. The Bertz CT molecular complexity index is 955. The lowest BCUT2D eigenvalue weighted by atomic mass is 10.1. The number of hydrogen-bond acceptors (Lipinski definition) is 4. The molecule has 8 heteroatoms. The van der Waals surface area contributed by atoms with Crippen LogP contribution in [0.15, 0.2) is 42.5 Å². The van der Waals surface area contributed by atoms with Gasteiger partial charge in [0.05, 0.1) is 16.5 Å². The summed E-state index contributed by atoms with van der Waals surface area (Å²) in [5, 5.41) is 2.81. The van der Waals surface area contributed by atoms with Crippen molar-refractivity contribution in [3.63, 3.8) is 0 Å². The topological polar surface area (TPSA) is 83.6 Å². The number of carbonyl (C=O) groups is 2. The fourth-order valence-electron chi connectivity index (χ4n) is 2.50. The standard InChI is InChI=1S/C17H15ClN2O4S/c1-11-2-5-13(6-3-11)19-17(22)12-4-7-14(18)15(10-12)20-16(21)8-9-25(20,23)24/h2-7,10H,8-9H2,1H3,(H,19,22). The predicted octanol–water partition coefficient (Wildman–Crippen LogP) is 2.97. The molecule has 1 heterocycles. The molecule has 6 nitrogen and oxygen atoms in total. The number of rotatable bonds is 3. The maximum absolute atomic E-state index is 12.4. The number of nitrogens with one attached hydrogen (secondary N) is 1. The Morgan fingerprint density at radius 3 is 2.44 bits per heavy atom. The van der Waals surface area contributed by atoms with Crippen molar-refractivity contribution in [2.45, 2.75) is 13.3 Å². The van der Waals surface area contributed by atoms with Gasteiger partial charge in [-0.2, -0.15) is 0 Å². The molecule has 0 atom stereocenters. The minimum atomic E-state index is -3.75. The van der Waals surface area contributed by atoms with Gasteiger partial charge in [0.25, 0.3) is 5.91 Å². The molecule has 130 valence electrons. The van der Waals surface area contributed by atoms with Gasteiger partial charge in [-0.15, -0.1) is 0 Å². The molecule has 25 heavy (non-hydrogen) atoms. The van der Waals surface area contributed by atoms with Gasteiger partial charge in [0.2, 0.25) is 15.9 Å². The minimum absolute atomic E-state index is 0.000669. The van der Waals surface area contributed by atoms with Gasteiger partial charge < -0.3 is 5.32 Å². The zero-order chi connectivity index (χ0) is 18.2. The highest BCUT2D eigenvalue weighted by Crippen LogP contribution is 2.33. The van der Waals surface area contributed by atoms with Crippen LogP contribution in [-0.4, -0.2) is 26.0 Å². The van der Waals surface area contributed by atoms with Gasteiger partial charge in [-0.05, 0) is 37.3 Å². The largest absolute Gasteiger partial charge is 0.322 e. The van der Waals surface area contributed by atoms with Gasteiger partial charge in [0.15, 0.2) is 0 Å². The van der Waals surface area contributed by atoms with Gasteiger partial charge in [-0.1, -0.05) is 29.3 Å². The van der Waals surface area contributed by atoms with Crippen LogP contribution in [0.4, 0.5) is 11.4 Å². The Morgan fingerprint density at radius 1 is 1.16 bits per heavy atom. The number of aryl methyl sites for hydroxylation is 1. The third-order valence-electron chi connectivity index (χ3n) is 3.82. The van der Waals surface area contributed by atoms with Crippen molar-refractivity contribution < 1.29 is 18.0 Å². The first-order chi connectivity index (χ1) is 11.8. The molecule has 2 aromatic carbocycles. The summed E-state index contributed by atoms with van der Waals surface area (Å²) in [7, 11) is -3.75. The molecule has 0 aromatic heterocycles. The first-order valence-electron chi connectivity index (χ1n) is 7.51. The van der Waals surface area contributed by atoms with E-state index < -0.39 is 21.8 Å². The van der Waals surface area contributed by atoms with E-state index in [-0.39, 0.29) is 28.4 Å². The Morgan fingerprint density at radius 2 is 1.84 bits per heavy atom. The molecule has 2 aromatic rings. The average molecular weight is 379 g/mol. The Kier molecular flexibility index (Phi) is 4.53. The molecule has 0 aliphatic carbocycles. The van der Waals surface area contributed by atoms with Crippen molar-refractivity contribution in [3.8, 4) is 0 Å². The summed E-state index contributed by atoms with van der Waals surface area (Å²) in [6, 6.07) is 11.4. The molecule has 0 unspecified atom stereocenters. The number of sulfonamides is 1. The second-order valence-corrected chi connectivity index (χ2v) is 8.05. The van der Waals surface area contributed by atoms with Crippen molar-refractivity contribution >= 4 is 44.8 Å². The SMILES string of the molecule is Cc1ccc(NC(=O)c2ccc(Cl)c(N3C(=O)CCS3(=O)=O)c2)cc1. The van der Waals surface area contributed by atoms with Crippen LogP contribution in [0.5, 0.6) is 0 Å². The number of nitrogens with zero attached hydrogens (tertiary/aromatic N) is 1. The Hall–Kier alpha value is -2.38. The summed E-state index contributed by atoms with van der Waals surface area (Å²) in [5.74, 6) is -1.24. The quantitative estimate of drug-likeness (QED) is 0.889. The summed E-state index contributed by atoms with van der Waals surface area (Å²) >= 11 is 6.06. The van der Waals surface area contributed by atoms with Crippen LogP contribution < -0.4 is 9.62 Å². The molecule has 1 aliphatic heterocycles. The normalized spacial score (nSPS) is 16.1. The number of anilines is 2. The lowest BCUT2D eigenvalue weighted by Crippen LogP contribution is -2.29. The van der Waals surface area contributed by atoms with Gasteiger partial charge >= 0.3 is 0 Å². The lowest BCUT2D eigenvalue weighted by Gasteiger charge is -2.17. The second-order valence-electron chi connectivity index (χ2n) is 5.71. The van der Waals surface area contributed by atoms with Crippen LogP contribution in [0.25, 0.3) is 0 Å². The van der Waals surface area contributed by atoms with Gasteiger partial charge in [-0.25, -0.2) is 12.7 Å². The minimum Gasteiger partial charge on any atom is -0.322 e. The zero-order valence-electron chi connectivity index (χ0n) is 13.3. The van der Waals surface area contributed by atoms with Crippen molar-refractivity contribution in [3.05, 3.63) is 58.6 Å². The maximum atomic E-state index is 12.4. The van der Waals surface area contributed by atoms with E-state index in [1.165, 1.54) is 18.2 Å². The van der Waals surface area contributed by atoms with Crippen molar-refractivity contribution in [2.24, 2.45) is 0 Å². The molecule has 1 aliphatic rings.